The van der Waals surface area contributed by atoms with Gasteiger partial charge in [0.2, 0.25) is 0 Å². The third-order valence-electron chi connectivity index (χ3n) is 1.29. The SMILES string of the molecule is COC(=O)CCCNCC(O)O. The number of aliphatic hydroxyl groups excluding tert-OH is 1. The molecule has 0 fully saturated rings. The first-order valence-electron chi connectivity index (χ1n) is 3.80. The zero-order valence-corrected chi connectivity index (χ0v) is 7.12. The molecule has 0 radical (unpaired) electrons. The van der Waals surface area contributed by atoms with E-state index in [0.29, 0.717) is 19.4 Å². The van der Waals surface area contributed by atoms with Crippen molar-refractivity contribution >= 4 is 5.97 Å². The summed E-state index contributed by atoms with van der Waals surface area (Å²) in [5.74, 6) is -0.249. The Morgan fingerprint density at radius 3 is 2.75 bits per heavy atom. The van der Waals surface area contributed by atoms with E-state index in [2.05, 4.69) is 10.1 Å². The third kappa shape index (κ3) is 7.46. The molecule has 3 N–H and O–H groups in total. The molecule has 0 unspecified atom stereocenters. The van der Waals surface area contributed by atoms with Gasteiger partial charge in [-0.25, -0.2) is 0 Å². The van der Waals surface area contributed by atoms with Crippen molar-refractivity contribution in [1.29, 1.82) is 0 Å². The van der Waals surface area contributed by atoms with Crippen molar-refractivity contribution in [2.75, 3.05) is 20.2 Å². The van der Waals surface area contributed by atoms with Gasteiger partial charge in [-0.1, -0.05) is 0 Å². The minimum absolute atomic E-state index is 0.126. The fraction of sp³-hybridized carbons (Fsp3) is 0.857. The average Bonchev–Trinajstić information content (AvgIpc) is 2.03. The van der Waals surface area contributed by atoms with Crippen LogP contribution in [-0.4, -0.2) is 42.7 Å². The van der Waals surface area contributed by atoms with Gasteiger partial charge in [-0.3, -0.25) is 4.79 Å². The van der Waals surface area contributed by atoms with Crippen LogP contribution in [0.3, 0.4) is 0 Å². The molecule has 0 aromatic carbocycles. The fourth-order valence-corrected chi connectivity index (χ4v) is 0.691. The number of carbonyl (C=O) groups is 1. The molecule has 0 aliphatic carbocycles. The van der Waals surface area contributed by atoms with Crippen molar-refractivity contribution in [1.82, 2.24) is 5.32 Å². The van der Waals surface area contributed by atoms with E-state index in [1.54, 1.807) is 0 Å². The second kappa shape index (κ2) is 7.02. The first kappa shape index (κ1) is 11.4. The summed E-state index contributed by atoms with van der Waals surface area (Å²) in [5.41, 5.74) is 0. The minimum atomic E-state index is -1.33. The van der Waals surface area contributed by atoms with E-state index < -0.39 is 6.29 Å². The Morgan fingerprint density at radius 1 is 1.58 bits per heavy atom. The normalized spacial score (nSPS) is 10.3. The Balaban J connectivity index is 3.05. The smallest absolute Gasteiger partial charge is 0.305 e. The van der Waals surface area contributed by atoms with Gasteiger partial charge in [0.05, 0.1) is 7.11 Å². The van der Waals surface area contributed by atoms with E-state index in [4.69, 9.17) is 10.2 Å². The number of aliphatic hydroxyl groups is 2. The number of rotatable bonds is 6. The monoisotopic (exact) mass is 177 g/mol. The van der Waals surface area contributed by atoms with Gasteiger partial charge in [-0.15, -0.1) is 0 Å². The molecule has 5 heteroatoms. The van der Waals surface area contributed by atoms with Crippen molar-refractivity contribution in [2.24, 2.45) is 0 Å². The molecule has 0 saturated carbocycles. The van der Waals surface area contributed by atoms with Gasteiger partial charge >= 0.3 is 5.97 Å². The van der Waals surface area contributed by atoms with Gasteiger partial charge in [-0.2, -0.15) is 0 Å². The van der Waals surface area contributed by atoms with Gasteiger partial charge in [0.1, 0.15) is 0 Å². The summed E-state index contributed by atoms with van der Waals surface area (Å²) < 4.78 is 4.41. The van der Waals surface area contributed by atoms with Crippen molar-refractivity contribution in [3.05, 3.63) is 0 Å². The van der Waals surface area contributed by atoms with Crippen molar-refractivity contribution < 1.29 is 19.7 Å². The predicted octanol–water partition coefficient (Wildman–Crippen LogP) is -1.16. The zero-order chi connectivity index (χ0) is 9.40. The number of nitrogens with one attached hydrogen (secondary N) is 1. The predicted molar refractivity (Wildman–Crippen MR) is 42.3 cm³/mol. The van der Waals surface area contributed by atoms with E-state index in [1.807, 2.05) is 0 Å². The van der Waals surface area contributed by atoms with Crippen LogP contribution in [0.4, 0.5) is 0 Å². The lowest BCUT2D eigenvalue weighted by Crippen LogP contribution is -2.27. The molecule has 0 rings (SSSR count). The highest BCUT2D eigenvalue weighted by Gasteiger charge is 1.99. The lowest BCUT2D eigenvalue weighted by atomic mass is 10.3. The zero-order valence-electron chi connectivity index (χ0n) is 7.12. The molecule has 0 heterocycles. The molecule has 72 valence electrons. The molecular formula is C7H15NO4. The molecule has 0 spiro atoms. The Labute approximate surface area is 71.3 Å². The number of hydrogen-bond acceptors (Lipinski definition) is 5. The maximum Gasteiger partial charge on any atom is 0.305 e. The molecule has 0 bridgehead atoms. The fourth-order valence-electron chi connectivity index (χ4n) is 0.691. The van der Waals surface area contributed by atoms with Crippen LogP contribution in [0.2, 0.25) is 0 Å². The highest BCUT2D eigenvalue weighted by molar-refractivity contribution is 5.68. The summed E-state index contributed by atoms with van der Waals surface area (Å²) in [6, 6.07) is 0. The Kier molecular flexibility index (Phi) is 6.64. The number of methoxy groups -OCH3 is 1. The third-order valence-corrected chi connectivity index (χ3v) is 1.29. The van der Waals surface area contributed by atoms with Crippen molar-refractivity contribution in [3.63, 3.8) is 0 Å². The van der Waals surface area contributed by atoms with E-state index in [9.17, 15) is 4.79 Å². The molecule has 0 atom stereocenters. The Morgan fingerprint density at radius 2 is 2.25 bits per heavy atom. The number of ether oxygens (including phenoxy) is 1. The lowest BCUT2D eigenvalue weighted by molar-refractivity contribution is -0.140. The second-order valence-electron chi connectivity index (χ2n) is 2.36. The topological polar surface area (TPSA) is 78.8 Å². The Bertz CT molecular complexity index is 127. The number of esters is 1. The number of hydrogen-bond donors (Lipinski definition) is 3. The maximum atomic E-state index is 10.6. The molecule has 0 aliphatic heterocycles. The largest absolute Gasteiger partial charge is 0.469 e. The van der Waals surface area contributed by atoms with Crippen molar-refractivity contribution in [3.8, 4) is 0 Å². The van der Waals surface area contributed by atoms with Crippen LogP contribution >= 0.6 is 0 Å². The molecule has 0 saturated heterocycles. The van der Waals surface area contributed by atoms with Gasteiger partial charge in [0, 0.05) is 13.0 Å². The summed E-state index contributed by atoms with van der Waals surface area (Å²) in [6.45, 7) is 0.702. The first-order valence-corrected chi connectivity index (χ1v) is 3.80. The Hall–Kier alpha value is -0.650. The molecule has 0 aliphatic rings. The van der Waals surface area contributed by atoms with Gasteiger partial charge < -0.3 is 20.3 Å². The van der Waals surface area contributed by atoms with Crippen LogP contribution in [0.25, 0.3) is 0 Å². The van der Waals surface area contributed by atoms with Gasteiger partial charge in [-0.05, 0) is 13.0 Å². The minimum Gasteiger partial charge on any atom is -0.469 e. The van der Waals surface area contributed by atoms with Crippen LogP contribution in [0.1, 0.15) is 12.8 Å². The summed E-state index contributed by atoms with van der Waals surface area (Å²) in [7, 11) is 1.34. The van der Waals surface area contributed by atoms with Gasteiger partial charge in [0.15, 0.2) is 6.29 Å². The molecular weight excluding hydrogens is 162 g/mol. The van der Waals surface area contributed by atoms with E-state index in [0.717, 1.165) is 0 Å². The highest BCUT2D eigenvalue weighted by Crippen LogP contribution is 1.89. The van der Waals surface area contributed by atoms with E-state index in [-0.39, 0.29) is 12.5 Å². The maximum absolute atomic E-state index is 10.6. The van der Waals surface area contributed by atoms with Crippen LogP contribution in [0.15, 0.2) is 0 Å². The highest BCUT2D eigenvalue weighted by atomic mass is 16.5. The lowest BCUT2D eigenvalue weighted by Gasteiger charge is -2.04. The molecule has 0 aromatic heterocycles. The molecule has 0 amide bonds. The first-order chi connectivity index (χ1) is 5.66. The number of carbonyl (C=O) groups excluding carboxylic acids is 1. The van der Waals surface area contributed by atoms with Crippen LogP contribution < -0.4 is 5.32 Å². The summed E-state index contributed by atoms with van der Waals surface area (Å²) in [5, 5.41) is 19.6. The average molecular weight is 177 g/mol. The summed E-state index contributed by atoms with van der Waals surface area (Å²) in [6.07, 6.45) is -0.340. The molecule has 5 nitrogen and oxygen atoms in total. The van der Waals surface area contributed by atoms with E-state index in [1.165, 1.54) is 7.11 Å². The quantitative estimate of drug-likeness (QED) is 0.271. The van der Waals surface area contributed by atoms with Crippen LogP contribution in [0.5, 0.6) is 0 Å². The summed E-state index contributed by atoms with van der Waals surface area (Å²) >= 11 is 0. The standard InChI is InChI=1S/C7H15NO4/c1-12-7(11)3-2-4-8-5-6(9)10/h6,8-10H,2-5H2,1H3. The van der Waals surface area contributed by atoms with E-state index >= 15 is 0 Å². The van der Waals surface area contributed by atoms with Gasteiger partial charge in [0.25, 0.3) is 0 Å². The molecule has 12 heavy (non-hydrogen) atoms. The molecule has 0 aromatic rings. The second-order valence-corrected chi connectivity index (χ2v) is 2.36. The van der Waals surface area contributed by atoms with Crippen LogP contribution in [-0.2, 0) is 9.53 Å². The van der Waals surface area contributed by atoms with Crippen molar-refractivity contribution in [2.45, 2.75) is 19.1 Å². The van der Waals surface area contributed by atoms with Crippen LogP contribution in [0, 0.1) is 0 Å². The summed E-state index contributed by atoms with van der Waals surface area (Å²) in [4.78, 5) is 10.6.